The molecule has 0 saturated carbocycles. The summed E-state index contributed by atoms with van der Waals surface area (Å²) < 4.78 is 6.14. The Hall–Kier alpha value is -2.98. The largest absolute Gasteiger partial charge is 0.376 e. The molecule has 1 heterocycles. The van der Waals surface area contributed by atoms with Crippen LogP contribution in [0.5, 0.6) is 0 Å². The molecule has 1 aliphatic carbocycles. The van der Waals surface area contributed by atoms with E-state index in [1.54, 1.807) is 0 Å². The second-order valence-electron chi connectivity index (χ2n) is 10.5. The van der Waals surface area contributed by atoms with Crippen LogP contribution < -0.4 is 0 Å². The molecule has 0 bridgehead atoms. The van der Waals surface area contributed by atoms with Gasteiger partial charge in [0, 0.05) is 52.3 Å². The van der Waals surface area contributed by atoms with E-state index in [-0.39, 0.29) is 6.10 Å². The van der Waals surface area contributed by atoms with E-state index in [0.29, 0.717) is 5.92 Å². The van der Waals surface area contributed by atoms with Crippen molar-refractivity contribution in [2.45, 2.75) is 25.5 Å². The predicted octanol–water partition coefficient (Wildman–Crippen LogP) is 6.57. The standard InChI is InChI=1S/C33H36N2O/c1-36-33-31(24-35-19-17-34(18-20-35)23-25-7-3-2-4-8-25)14-13-30-22-29(15-16-32(30)33)28-12-11-26-9-5-6-10-27(26)21-28/h2-12,15-16,21-22,31,33H,13-14,17-20,23-24H2,1H3. The van der Waals surface area contributed by atoms with E-state index in [0.717, 1.165) is 45.7 Å². The highest BCUT2D eigenvalue weighted by molar-refractivity contribution is 5.87. The fraction of sp³-hybridized carbons (Fsp3) is 0.333. The molecule has 0 N–H and O–H groups in total. The maximum atomic E-state index is 6.14. The first-order chi connectivity index (χ1) is 17.8. The van der Waals surface area contributed by atoms with Gasteiger partial charge < -0.3 is 9.64 Å². The van der Waals surface area contributed by atoms with Gasteiger partial charge in [-0.1, -0.05) is 84.9 Å². The van der Waals surface area contributed by atoms with Gasteiger partial charge in [-0.3, -0.25) is 4.90 Å². The number of hydrogen-bond donors (Lipinski definition) is 0. The third-order valence-corrected chi connectivity index (χ3v) is 8.21. The predicted molar refractivity (Wildman–Crippen MR) is 149 cm³/mol. The molecule has 4 aromatic rings. The molecule has 3 heteroatoms. The molecule has 0 amide bonds. The molecule has 0 aromatic heterocycles. The highest BCUT2D eigenvalue weighted by Gasteiger charge is 2.32. The molecule has 0 radical (unpaired) electrons. The summed E-state index contributed by atoms with van der Waals surface area (Å²) in [5.41, 5.74) is 6.86. The minimum Gasteiger partial charge on any atom is -0.376 e. The smallest absolute Gasteiger partial charge is 0.0864 e. The summed E-state index contributed by atoms with van der Waals surface area (Å²) >= 11 is 0. The molecular formula is C33H36N2O. The number of benzene rings is 4. The first-order valence-corrected chi connectivity index (χ1v) is 13.4. The molecule has 1 aliphatic heterocycles. The Balaban J connectivity index is 1.12. The normalized spacial score (nSPS) is 20.9. The van der Waals surface area contributed by atoms with Gasteiger partial charge in [-0.2, -0.15) is 0 Å². The van der Waals surface area contributed by atoms with Gasteiger partial charge in [-0.15, -0.1) is 0 Å². The van der Waals surface area contributed by atoms with Crippen molar-refractivity contribution in [3.05, 3.63) is 108 Å². The van der Waals surface area contributed by atoms with E-state index in [9.17, 15) is 0 Å². The minimum absolute atomic E-state index is 0.182. The lowest BCUT2D eigenvalue weighted by molar-refractivity contribution is 0.0140. The van der Waals surface area contributed by atoms with Gasteiger partial charge in [-0.05, 0) is 57.5 Å². The van der Waals surface area contributed by atoms with Gasteiger partial charge in [0.25, 0.3) is 0 Å². The monoisotopic (exact) mass is 476 g/mol. The summed E-state index contributed by atoms with van der Waals surface area (Å²) in [6.45, 7) is 6.77. The third-order valence-electron chi connectivity index (χ3n) is 8.21. The highest BCUT2D eigenvalue weighted by Crippen LogP contribution is 2.39. The summed E-state index contributed by atoms with van der Waals surface area (Å²) in [7, 11) is 1.89. The maximum absolute atomic E-state index is 6.14. The Morgan fingerprint density at radius 1 is 0.722 bits per heavy atom. The van der Waals surface area contributed by atoms with Crippen molar-refractivity contribution in [2.24, 2.45) is 5.92 Å². The van der Waals surface area contributed by atoms with Gasteiger partial charge in [-0.25, -0.2) is 0 Å². The topological polar surface area (TPSA) is 15.7 Å². The number of hydrogen-bond acceptors (Lipinski definition) is 3. The molecule has 4 aromatic carbocycles. The fourth-order valence-corrected chi connectivity index (χ4v) is 6.20. The first kappa shape index (κ1) is 23.4. The van der Waals surface area contributed by atoms with Crippen molar-refractivity contribution in [3.63, 3.8) is 0 Å². The number of fused-ring (bicyclic) bond motifs is 2. The van der Waals surface area contributed by atoms with E-state index < -0.39 is 0 Å². The molecule has 1 saturated heterocycles. The van der Waals surface area contributed by atoms with E-state index >= 15 is 0 Å². The molecule has 1 fully saturated rings. The van der Waals surface area contributed by atoms with Crippen LogP contribution >= 0.6 is 0 Å². The lowest BCUT2D eigenvalue weighted by Crippen LogP contribution is -2.48. The van der Waals surface area contributed by atoms with E-state index in [2.05, 4.69) is 101 Å². The maximum Gasteiger partial charge on any atom is 0.0864 e. The van der Waals surface area contributed by atoms with Crippen LogP contribution in [0.25, 0.3) is 21.9 Å². The van der Waals surface area contributed by atoms with Crippen LogP contribution in [0, 0.1) is 5.92 Å². The third kappa shape index (κ3) is 4.97. The van der Waals surface area contributed by atoms with Crippen molar-refractivity contribution in [2.75, 3.05) is 39.8 Å². The van der Waals surface area contributed by atoms with Crippen molar-refractivity contribution >= 4 is 10.8 Å². The van der Waals surface area contributed by atoms with Crippen LogP contribution in [0.3, 0.4) is 0 Å². The second kappa shape index (κ2) is 10.6. The van der Waals surface area contributed by atoms with Gasteiger partial charge >= 0.3 is 0 Å². The van der Waals surface area contributed by atoms with Crippen LogP contribution in [0.15, 0.2) is 91.0 Å². The van der Waals surface area contributed by atoms with Crippen LogP contribution in [0.4, 0.5) is 0 Å². The Labute approximate surface area is 215 Å². The summed E-state index contributed by atoms with van der Waals surface area (Å²) in [4.78, 5) is 5.25. The molecule has 2 atom stereocenters. The van der Waals surface area contributed by atoms with Gasteiger partial charge in [0.05, 0.1) is 6.10 Å². The lowest BCUT2D eigenvalue weighted by Gasteiger charge is -2.40. The highest BCUT2D eigenvalue weighted by atomic mass is 16.5. The Kier molecular flexibility index (Phi) is 6.87. The van der Waals surface area contributed by atoms with E-state index in [1.807, 2.05) is 7.11 Å². The van der Waals surface area contributed by atoms with Crippen LogP contribution in [0.1, 0.15) is 29.2 Å². The SMILES string of the molecule is COC1c2ccc(-c3ccc4ccccc4c3)cc2CCC1CN1CCN(Cc2ccccc2)CC1. The van der Waals surface area contributed by atoms with Crippen LogP contribution in [-0.4, -0.2) is 49.6 Å². The number of aryl methyl sites for hydroxylation is 1. The Morgan fingerprint density at radius 3 is 2.22 bits per heavy atom. The van der Waals surface area contributed by atoms with Crippen LogP contribution in [-0.2, 0) is 17.7 Å². The van der Waals surface area contributed by atoms with Crippen molar-refractivity contribution < 1.29 is 4.74 Å². The fourth-order valence-electron chi connectivity index (χ4n) is 6.20. The van der Waals surface area contributed by atoms with Gasteiger partial charge in [0.1, 0.15) is 0 Å². The summed E-state index contributed by atoms with van der Waals surface area (Å²) in [6, 6.07) is 33.3. The summed E-state index contributed by atoms with van der Waals surface area (Å²) in [6.07, 6.45) is 2.51. The van der Waals surface area contributed by atoms with Crippen molar-refractivity contribution in [1.82, 2.24) is 9.80 Å². The number of rotatable bonds is 6. The average molecular weight is 477 g/mol. The zero-order valence-corrected chi connectivity index (χ0v) is 21.3. The van der Waals surface area contributed by atoms with Gasteiger partial charge in [0.15, 0.2) is 0 Å². The van der Waals surface area contributed by atoms with Crippen molar-refractivity contribution in [3.8, 4) is 11.1 Å². The molecule has 2 unspecified atom stereocenters. The zero-order valence-electron chi connectivity index (χ0n) is 21.3. The zero-order chi connectivity index (χ0) is 24.3. The summed E-state index contributed by atoms with van der Waals surface area (Å²) in [5, 5.41) is 2.59. The Bertz CT molecular complexity index is 1310. The average Bonchev–Trinajstić information content (AvgIpc) is 2.94. The molecule has 0 spiro atoms. The Morgan fingerprint density at radius 2 is 1.42 bits per heavy atom. The second-order valence-corrected chi connectivity index (χ2v) is 10.5. The van der Waals surface area contributed by atoms with E-state index in [4.69, 9.17) is 4.74 Å². The number of ether oxygens (including phenoxy) is 1. The lowest BCUT2D eigenvalue weighted by atomic mass is 9.80. The van der Waals surface area contributed by atoms with Gasteiger partial charge in [0.2, 0.25) is 0 Å². The summed E-state index contributed by atoms with van der Waals surface area (Å²) in [5.74, 6) is 0.551. The number of piperazine rings is 1. The number of methoxy groups -OCH3 is 1. The van der Waals surface area contributed by atoms with Crippen LogP contribution in [0.2, 0.25) is 0 Å². The van der Waals surface area contributed by atoms with Crippen molar-refractivity contribution in [1.29, 1.82) is 0 Å². The number of nitrogens with zero attached hydrogens (tertiary/aromatic N) is 2. The molecular weight excluding hydrogens is 440 g/mol. The quantitative estimate of drug-likeness (QED) is 0.313. The minimum atomic E-state index is 0.182. The van der Waals surface area contributed by atoms with E-state index in [1.165, 1.54) is 45.0 Å². The molecule has 6 rings (SSSR count). The molecule has 3 nitrogen and oxygen atoms in total. The molecule has 184 valence electrons. The molecule has 2 aliphatic rings. The first-order valence-electron chi connectivity index (χ1n) is 13.4. The molecule has 36 heavy (non-hydrogen) atoms.